The minimum atomic E-state index is -0.839. The molecule has 0 fully saturated rings. The van der Waals surface area contributed by atoms with E-state index in [1.807, 2.05) is 17.7 Å². The minimum absolute atomic E-state index is 0.346. The summed E-state index contributed by atoms with van der Waals surface area (Å²) < 4.78 is 1.98. The summed E-state index contributed by atoms with van der Waals surface area (Å²) in [5, 5.41) is 8.89. The van der Waals surface area contributed by atoms with Gasteiger partial charge in [-0.3, -0.25) is 0 Å². The predicted molar refractivity (Wildman–Crippen MR) is 62.3 cm³/mol. The SMILES string of the molecule is CCC(=CCn1ccnc1C(C)C)C(=O)O. The fraction of sp³-hybridized carbons (Fsp3) is 0.500. The van der Waals surface area contributed by atoms with Crippen molar-refractivity contribution in [2.24, 2.45) is 0 Å². The fourth-order valence-corrected chi connectivity index (χ4v) is 1.57. The molecule has 4 nitrogen and oxygen atoms in total. The van der Waals surface area contributed by atoms with Gasteiger partial charge in [-0.2, -0.15) is 0 Å². The molecular formula is C12H18N2O2. The zero-order valence-corrected chi connectivity index (χ0v) is 9.97. The molecule has 0 aliphatic rings. The van der Waals surface area contributed by atoms with Gasteiger partial charge in [-0.05, 0) is 6.42 Å². The van der Waals surface area contributed by atoms with Crippen LogP contribution in [0, 0.1) is 0 Å². The molecule has 1 heterocycles. The molecule has 1 aromatic heterocycles. The number of allylic oxidation sites excluding steroid dienone is 1. The Kier molecular flexibility index (Phi) is 4.28. The zero-order chi connectivity index (χ0) is 12.1. The first kappa shape index (κ1) is 12.5. The number of aromatic nitrogens is 2. The Morgan fingerprint density at radius 2 is 2.31 bits per heavy atom. The first-order chi connectivity index (χ1) is 7.56. The Balaban J connectivity index is 2.81. The molecule has 0 amide bonds. The lowest BCUT2D eigenvalue weighted by Crippen LogP contribution is -2.06. The molecule has 1 aromatic rings. The van der Waals surface area contributed by atoms with Crippen LogP contribution in [0.5, 0.6) is 0 Å². The highest BCUT2D eigenvalue weighted by molar-refractivity contribution is 5.86. The van der Waals surface area contributed by atoms with Crippen LogP contribution in [0.2, 0.25) is 0 Å². The van der Waals surface area contributed by atoms with Crippen molar-refractivity contribution in [2.75, 3.05) is 0 Å². The zero-order valence-electron chi connectivity index (χ0n) is 9.97. The van der Waals surface area contributed by atoms with E-state index in [2.05, 4.69) is 18.8 Å². The Bertz CT molecular complexity index is 391. The van der Waals surface area contributed by atoms with Crippen molar-refractivity contribution in [3.05, 3.63) is 29.9 Å². The summed E-state index contributed by atoms with van der Waals surface area (Å²) in [4.78, 5) is 15.1. The molecule has 0 aliphatic heterocycles. The highest BCUT2D eigenvalue weighted by Gasteiger charge is 2.07. The van der Waals surface area contributed by atoms with Crippen molar-refractivity contribution in [1.29, 1.82) is 0 Å². The third-order valence-corrected chi connectivity index (χ3v) is 2.45. The number of rotatable bonds is 5. The highest BCUT2D eigenvalue weighted by atomic mass is 16.4. The van der Waals surface area contributed by atoms with Crippen LogP contribution in [0.1, 0.15) is 38.9 Å². The molecule has 0 bridgehead atoms. The van der Waals surface area contributed by atoms with Crippen molar-refractivity contribution in [3.8, 4) is 0 Å². The van der Waals surface area contributed by atoms with Crippen LogP contribution in [-0.2, 0) is 11.3 Å². The van der Waals surface area contributed by atoms with Gasteiger partial charge in [0, 0.05) is 30.4 Å². The van der Waals surface area contributed by atoms with E-state index in [0.29, 0.717) is 24.5 Å². The number of carbonyl (C=O) groups is 1. The van der Waals surface area contributed by atoms with Crippen molar-refractivity contribution >= 4 is 5.97 Å². The normalized spacial score (nSPS) is 12.1. The standard InChI is InChI=1S/C12H18N2O2/c1-4-10(12(15)16)5-7-14-8-6-13-11(14)9(2)3/h5-6,8-9H,4,7H2,1-3H3,(H,15,16). The molecule has 1 N–H and O–H groups in total. The van der Waals surface area contributed by atoms with E-state index in [0.717, 1.165) is 5.82 Å². The van der Waals surface area contributed by atoms with Crippen molar-refractivity contribution < 1.29 is 9.90 Å². The van der Waals surface area contributed by atoms with Gasteiger partial charge in [0.1, 0.15) is 5.82 Å². The van der Waals surface area contributed by atoms with E-state index in [-0.39, 0.29) is 0 Å². The molecule has 88 valence electrons. The van der Waals surface area contributed by atoms with Crippen LogP contribution in [0.15, 0.2) is 24.0 Å². The highest BCUT2D eigenvalue weighted by Crippen LogP contribution is 2.12. The van der Waals surface area contributed by atoms with Crippen molar-refractivity contribution in [1.82, 2.24) is 9.55 Å². The smallest absolute Gasteiger partial charge is 0.331 e. The van der Waals surface area contributed by atoms with Crippen LogP contribution in [0.3, 0.4) is 0 Å². The molecule has 4 heteroatoms. The van der Waals surface area contributed by atoms with E-state index < -0.39 is 5.97 Å². The van der Waals surface area contributed by atoms with Gasteiger partial charge in [-0.25, -0.2) is 9.78 Å². The number of hydrogen-bond acceptors (Lipinski definition) is 2. The van der Waals surface area contributed by atoms with Crippen LogP contribution in [0.25, 0.3) is 0 Å². The van der Waals surface area contributed by atoms with E-state index in [1.165, 1.54) is 0 Å². The number of nitrogens with zero attached hydrogens (tertiary/aromatic N) is 2. The molecule has 1 rings (SSSR count). The second kappa shape index (κ2) is 5.49. The summed E-state index contributed by atoms with van der Waals surface area (Å²) in [5.41, 5.74) is 0.448. The summed E-state index contributed by atoms with van der Waals surface area (Å²) in [5.74, 6) is 0.490. The molecule has 0 aliphatic carbocycles. The Morgan fingerprint density at radius 3 is 2.81 bits per heavy atom. The van der Waals surface area contributed by atoms with Gasteiger partial charge in [-0.15, -0.1) is 0 Å². The van der Waals surface area contributed by atoms with Gasteiger partial charge >= 0.3 is 5.97 Å². The lowest BCUT2D eigenvalue weighted by atomic mass is 10.2. The number of hydrogen-bond donors (Lipinski definition) is 1. The topological polar surface area (TPSA) is 55.1 Å². The number of aliphatic carboxylic acids is 1. The maximum Gasteiger partial charge on any atom is 0.331 e. The summed E-state index contributed by atoms with van der Waals surface area (Å²) in [7, 11) is 0. The number of carboxylic acid groups (broad SMARTS) is 1. The lowest BCUT2D eigenvalue weighted by molar-refractivity contribution is -0.132. The summed E-state index contributed by atoms with van der Waals surface area (Å²) in [6.45, 7) is 6.56. The largest absolute Gasteiger partial charge is 0.478 e. The van der Waals surface area contributed by atoms with E-state index in [9.17, 15) is 4.79 Å². The molecule has 0 atom stereocenters. The molecule has 0 spiro atoms. The van der Waals surface area contributed by atoms with Crippen LogP contribution in [0.4, 0.5) is 0 Å². The maximum atomic E-state index is 10.8. The summed E-state index contributed by atoms with van der Waals surface area (Å²) >= 11 is 0. The second-order valence-corrected chi connectivity index (χ2v) is 3.98. The number of carboxylic acids is 1. The number of imidazole rings is 1. The van der Waals surface area contributed by atoms with Gasteiger partial charge in [0.25, 0.3) is 0 Å². The quantitative estimate of drug-likeness (QED) is 0.778. The third kappa shape index (κ3) is 2.95. The van der Waals surface area contributed by atoms with Gasteiger partial charge < -0.3 is 9.67 Å². The molecule has 0 unspecified atom stereocenters. The van der Waals surface area contributed by atoms with Crippen molar-refractivity contribution in [2.45, 2.75) is 39.7 Å². The maximum absolute atomic E-state index is 10.8. The Hall–Kier alpha value is -1.58. The Labute approximate surface area is 95.6 Å². The summed E-state index contributed by atoms with van der Waals surface area (Å²) in [6.07, 6.45) is 5.91. The monoisotopic (exact) mass is 222 g/mol. The van der Waals surface area contributed by atoms with Crippen molar-refractivity contribution in [3.63, 3.8) is 0 Å². The Morgan fingerprint density at radius 1 is 1.62 bits per heavy atom. The fourth-order valence-electron chi connectivity index (χ4n) is 1.57. The molecule has 0 radical (unpaired) electrons. The van der Waals surface area contributed by atoms with Crippen LogP contribution in [-0.4, -0.2) is 20.6 Å². The van der Waals surface area contributed by atoms with E-state index in [1.54, 1.807) is 12.3 Å². The first-order valence-corrected chi connectivity index (χ1v) is 5.49. The second-order valence-electron chi connectivity index (χ2n) is 3.98. The first-order valence-electron chi connectivity index (χ1n) is 5.49. The summed E-state index contributed by atoms with van der Waals surface area (Å²) in [6, 6.07) is 0. The van der Waals surface area contributed by atoms with E-state index in [4.69, 9.17) is 5.11 Å². The van der Waals surface area contributed by atoms with Crippen LogP contribution < -0.4 is 0 Å². The van der Waals surface area contributed by atoms with Gasteiger partial charge in [0.2, 0.25) is 0 Å². The molecular weight excluding hydrogens is 204 g/mol. The molecule has 16 heavy (non-hydrogen) atoms. The molecule has 0 aromatic carbocycles. The van der Waals surface area contributed by atoms with Gasteiger partial charge in [0.05, 0.1) is 0 Å². The molecule has 0 saturated carbocycles. The minimum Gasteiger partial charge on any atom is -0.478 e. The average Bonchev–Trinajstić information content (AvgIpc) is 2.66. The van der Waals surface area contributed by atoms with Gasteiger partial charge in [0.15, 0.2) is 0 Å². The molecule has 0 saturated heterocycles. The third-order valence-electron chi connectivity index (χ3n) is 2.45. The average molecular weight is 222 g/mol. The van der Waals surface area contributed by atoms with Crippen LogP contribution >= 0.6 is 0 Å². The lowest BCUT2D eigenvalue weighted by Gasteiger charge is -2.08. The van der Waals surface area contributed by atoms with E-state index >= 15 is 0 Å². The van der Waals surface area contributed by atoms with Gasteiger partial charge in [-0.1, -0.05) is 26.8 Å². The predicted octanol–water partition coefficient (Wildman–Crippen LogP) is 2.43.